The largest absolute Gasteiger partial charge is 0.491 e. The van der Waals surface area contributed by atoms with Crippen LogP contribution >= 0.6 is 11.6 Å². The van der Waals surface area contributed by atoms with Crippen LogP contribution in [0.25, 0.3) is 0 Å². The molecule has 246 valence electrons. The predicted octanol–water partition coefficient (Wildman–Crippen LogP) is 6.26. The third-order valence-corrected chi connectivity index (χ3v) is 9.68. The number of amides is 2. The fraction of sp³-hybridized carbons (Fsp3) is 0.529. The predicted molar refractivity (Wildman–Crippen MR) is 178 cm³/mol. The highest BCUT2D eigenvalue weighted by atomic mass is 35.5. The van der Waals surface area contributed by atoms with Crippen LogP contribution in [0.3, 0.4) is 0 Å². The Bertz CT molecular complexity index is 1410. The topological polar surface area (TPSA) is 97.4 Å². The minimum Gasteiger partial charge on any atom is -0.491 e. The maximum absolute atomic E-state index is 13.4. The molecular formula is C34H46ClN3O6S. The van der Waals surface area contributed by atoms with Gasteiger partial charge >= 0.3 is 6.09 Å². The molecule has 2 aliphatic heterocycles. The Morgan fingerprint density at radius 2 is 1.98 bits per heavy atom. The number of fused-ring (bicyclic) bond motifs is 1. The first-order valence-electron chi connectivity index (χ1n) is 15.6. The molecule has 9 nitrogen and oxygen atoms in total. The van der Waals surface area contributed by atoms with Gasteiger partial charge in [0.2, 0.25) is 0 Å². The highest BCUT2D eigenvalue weighted by molar-refractivity contribution is 7.83. The van der Waals surface area contributed by atoms with Gasteiger partial charge in [-0.3, -0.25) is 9.52 Å². The molecule has 0 aliphatic carbocycles. The van der Waals surface area contributed by atoms with Crippen molar-refractivity contribution in [1.29, 1.82) is 0 Å². The van der Waals surface area contributed by atoms with E-state index in [1.54, 1.807) is 40.1 Å². The minimum atomic E-state index is -1.81. The molecule has 0 radical (unpaired) electrons. The second-order valence-corrected chi connectivity index (χ2v) is 14.0. The lowest BCUT2D eigenvalue weighted by atomic mass is 9.91. The highest BCUT2D eigenvalue weighted by Gasteiger charge is 2.32. The van der Waals surface area contributed by atoms with Gasteiger partial charge in [0.1, 0.15) is 17.5 Å². The van der Waals surface area contributed by atoms with Crippen molar-refractivity contribution in [2.75, 3.05) is 45.3 Å². The first-order chi connectivity index (χ1) is 21.4. The van der Waals surface area contributed by atoms with E-state index in [2.05, 4.69) is 29.5 Å². The van der Waals surface area contributed by atoms with Crippen LogP contribution < -0.4 is 14.4 Å². The van der Waals surface area contributed by atoms with Gasteiger partial charge in [0.05, 0.1) is 23.8 Å². The van der Waals surface area contributed by atoms with Crippen LogP contribution in [0.1, 0.15) is 64.0 Å². The Hall–Kier alpha value is -3.08. The number of rotatable bonds is 5. The molecule has 0 spiro atoms. The summed E-state index contributed by atoms with van der Waals surface area (Å²) in [6.07, 6.45) is 6.09. The van der Waals surface area contributed by atoms with E-state index < -0.39 is 34.7 Å². The van der Waals surface area contributed by atoms with Crippen molar-refractivity contribution in [2.24, 2.45) is 5.92 Å². The monoisotopic (exact) mass is 659 g/mol. The van der Waals surface area contributed by atoms with E-state index in [1.807, 2.05) is 30.3 Å². The number of carbonyl (C=O) groups is 2. The van der Waals surface area contributed by atoms with E-state index in [9.17, 15) is 13.8 Å². The Morgan fingerprint density at radius 1 is 1.20 bits per heavy atom. The molecule has 11 heteroatoms. The summed E-state index contributed by atoms with van der Waals surface area (Å²) in [6.45, 7) is 9.38. The molecule has 2 aromatic carbocycles. The molecule has 0 fully saturated rings. The molecule has 4 atom stereocenters. The van der Waals surface area contributed by atoms with Crippen molar-refractivity contribution in [3.8, 4) is 5.75 Å². The number of aryl methyl sites for hydroxylation is 1. The van der Waals surface area contributed by atoms with E-state index >= 15 is 0 Å². The summed E-state index contributed by atoms with van der Waals surface area (Å²) < 4.78 is 34.2. The smallest absolute Gasteiger partial charge is 0.409 e. The number of halogens is 1. The summed E-state index contributed by atoms with van der Waals surface area (Å²) in [5, 5.41) is 0.713. The zero-order chi connectivity index (χ0) is 32.7. The molecule has 2 heterocycles. The first-order valence-corrected chi connectivity index (χ1v) is 17.2. The van der Waals surface area contributed by atoms with Crippen molar-refractivity contribution in [3.05, 3.63) is 64.7 Å². The lowest BCUT2D eigenvalue weighted by Gasteiger charge is -2.31. The van der Waals surface area contributed by atoms with Crippen LogP contribution in [0, 0.1) is 5.92 Å². The quantitative estimate of drug-likeness (QED) is 0.379. The SMILES string of the molecule is CCCc1cc(Cl)ccc1C1COc2ccc3cc2N(CCC(CC)C(OC(=O)N(C)C)/C=C/COC(C)(C)C(=O)NS3=O)C1. The summed E-state index contributed by atoms with van der Waals surface area (Å²) in [5.41, 5.74) is 1.96. The summed E-state index contributed by atoms with van der Waals surface area (Å²) in [5.74, 6) is 0.237. The van der Waals surface area contributed by atoms with Gasteiger partial charge in [-0.1, -0.05) is 44.0 Å². The summed E-state index contributed by atoms with van der Waals surface area (Å²) in [7, 11) is 1.51. The van der Waals surface area contributed by atoms with Crippen LogP contribution in [-0.4, -0.2) is 73.2 Å². The van der Waals surface area contributed by atoms with Crippen molar-refractivity contribution in [2.45, 2.75) is 75.9 Å². The first kappa shape index (κ1) is 34.8. The highest BCUT2D eigenvalue weighted by Crippen LogP contribution is 2.38. The molecule has 0 saturated heterocycles. The van der Waals surface area contributed by atoms with Gasteiger partial charge in [0.15, 0.2) is 11.0 Å². The molecular weight excluding hydrogens is 614 g/mol. The summed E-state index contributed by atoms with van der Waals surface area (Å²) in [4.78, 5) is 29.9. The number of nitrogens with one attached hydrogen (secondary N) is 1. The van der Waals surface area contributed by atoms with Crippen molar-refractivity contribution >= 4 is 40.3 Å². The summed E-state index contributed by atoms with van der Waals surface area (Å²) in [6, 6.07) is 11.5. The van der Waals surface area contributed by atoms with E-state index in [-0.39, 0.29) is 18.4 Å². The standard InChI is InChI=1S/C34H46ClN3O6S/c1-7-10-24-19-26(35)12-14-28(24)25-21-38-17-16-23(8-2)30(44-33(40)37(5)6)11-9-18-43-34(3,4)32(39)36-45(41)27-13-15-31(42-22-25)29(38)20-27/h9,11-15,19-20,23,25,30H,7-8,10,16-18,21-22H2,1-6H3,(H,36,39)/b11-9+. The number of anilines is 1. The molecule has 2 amide bonds. The maximum atomic E-state index is 13.4. The van der Waals surface area contributed by atoms with E-state index in [1.165, 1.54) is 16.0 Å². The van der Waals surface area contributed by atoms with Crippen molar-refractivity contribution in [3.63, 3.8) is 0 Å². The molecule has 2 bridgehead atoms. The van der Waals surface area contributed by atoms with Crippen LogP contribution in [0.2, 0.25) is 5.02 Å². The molecule has 4 unspecified atom stereocenters. The number of hydrogen-bond donors (Lipinski definition) is 1. The van der Waals surface area contributed by atoms with E-state index in [4.69, 9.17) is 25.8 Å². The second-order valence-electron chi connectivity index (χ2n) is 12.3. The van der Waals surface area contributed by atoms with Crippen molar-refractivity contribution < 1.29 is 28.0 Å². The van der Waals surface area contributed by atoms with Gasteiger partial charge in [0, 0.05) is 44.0 Å². The van der Waals surface area contributed by atoms with Gasteiger partial charge in [-0.05, 0) is 80.6 Å². The number of nitrogens with zero attached hydrogens (tertiary/aromatic N) is 2. The normalized spacial score (nSPS) is 24.5. The van der Waals surface area contributed by atoms with E-state index in [0.29, 0.717) is 35.4 Å². The molecule has 0 saturated carbocycles. The lowest BCUT2D eigenvalue weighted by Crippen LogP contribution is -2.45. The molecule has 0 aromatic heterocycles. The van der Waals surface area contributed by atoms with Crippen LogP contribution in [-0.2, 0) is 31.7 Å². The molecule has 2 aliphatic rings. The number of carbonyl (C=O) groups excluding carboxylic acids is 2. The fourth-order valence-electron chi connectivity index (χ4n) is 5.66. The molecule has 45 heavy (non-hydrogen) atoms. The second kappa shape index (κ2) is 15.5. The van der Waals surface area contributed by atoms with Gasteiger partial charge < -0.3 is 24.0 Å². The van der Waals surface area contributed by atoms with Gasteiger partial charge in [-0.2, -0.15) is 0 Å². The van der Waals surface area contributed by atoms with Crippen LogP contribution in [0.5, 0.6) is 5.75 Å². The number of benzene rings is 2. The molecule has 4 rings (SSSR count). The number of hydrogen-bond acceptors (Lipinski definition) is 7. The van der Waals surface area contributed by atoms with Gasteiger partial charge in [-0.25, -0.2) is 9.00 Å². The third-order valence-electron chi connectivity index (χ3n) is 8.39. The Labute approximate surface area is 274 Å². The van der Waals surface area contributed by atoms with E-state index in [0.717, 1.165) is 31.4 Å². The van der Waals surface area contributed by atoms with Crippen LogP contribution in [0.15, 0.2) is 53.4 Å². The Balaban J connectivity index is 1.76. The Morgan fingerprint density at radius 3 is 2.69 bits per heavy atom. The van der Waals surface area contributed by atoms with Crippen molar-refractivity contribution in [1.82, 2.24) is 9.62 Å². The lowest BCUT2D eigenvalue weighted by molar-refractivity contribution is -0.139. The van der Waals surface area contributed by atoms with Crippen LogP contribution in [0.4, 0.5) is 10.5 Å². The van der Waals surface area contributed by atoms with Gasteiger partial charge in [0.25, 0.3) is 5.91 Å². The third kappa shape index (κ3) is 8.80. The average Bonchev–Trinajstić information content (AvgIpc) is 3.18. The zero-order valence-electron chi connectivity index (χ0n) is 27.1. The fourth-order valence-corrected chi connectivity index (χ4v) is 6.80. The Kier molecular flexibility index (Phi) is 12.0. The molecule has 1 N–H and O–H groups in total. The minimum absolute atomic E-state index is 0.00364. The number of ether oxygens (including phenoxy) is 3. The zero-order valence-corrected chi connectivity index (χ0v) is 28.7. The average molecular weight is 660 g/mol. The summed E-state index contributed by atoms with van der Waals surface area (Å²) >= 11 is 6.40. The van der Waals surface area contributed by atoms with Gasteiger partial charge in [-0.15, -0.1) is 0 Å². The molecule has 2 aromatic rings. The maximum Gasteiger partial charge on any atom is 0.409 e.